The standard InChI is InChI=1S/C19H22FN3O3S/c1-13-11-16(20)5-8-18(13)27(25,26)22-17-6-3-15(4-7-17)19(24)23-10-9-21-12-14(23)2/h3-8,11,14,21-22H,9-10,12H2,1-2H3. The summed E-state index contributed by atoms with van der Waals surface area (Å²) < 4.78 is 40.7. The van der Waals surface area contributed by atoms with Crippen molar-refractivity contribution in [3.63, 3.8) is 0 Å². The smallest absolute Gasteiger partial charge is 0.262 e. The SMILES string of the molecule is Cc1cc(F)ccc1S(=O)(=O)Nc1ccc(C(=O)N2CCNCC2C)cc1. The van der Waals surface area contributed by atoms with Crippen LogP contribution >= 0.6 is 0 Å². The van der Waals surface area contributed by atoms with Gasteiger partial charge in [-0.05, 0) is 61.9 Å². The molecule has 0 saturated carbocycles. The quantitative estimate of drug-likeness (QED) is 0.839. The van der Waals surface area contributed by atoms with Gasteiger partial charge in [0, 0.05) is 36.9 Å². The van der Waals surface area contributed by atoms with E-state index in [-0.39, 0.29) is 16.8 Å². The molecule has 0 bridgehead atoms. The van der Waals surface area contributed by atoms with Gasteiger partial charge in [0.25, 0.3) is 15.9 Å². The summed E-state index contributed by atoms with van der Waals surface area (Å²) in [4.78, 5) is 14.4. The number of nitrogens with zero attached hydrogens (tertiary/aromatic N) is 1. The normalized spacial score (nSPS) is 17.6. The lowest BCUT2D eigenvalue weighted by Crippen LogP contribution is -2.52. The van der Waals surface area contributed by atoms with Gasteiger partial charge in [-0.1, -0.05) is 0 Å². The number of carbonyl (C=O) groups excluding carboxylic acids is 1. The van der Waals surface area contributed by atoms with Crippen LogP contribution in [0.25, 0.3) is 0 Å². The molecule has 0 aliphatic carbocycles. The van der Waals surface area contributed by atoms with E-state index < -0.39 is 15.8 Å². The van der Waals surface area contributed by atoms with E-state index in [1.165, 1.54) is 19.1 Å². The van der Waals surface area contributed by atoms with E-state index in [0.29, 0.717) is 23.4 Å². The molecule has 0 aromatic heterocycles. The van der Waals surface area contributed by atoms with E-state index in [4.69, 9.17) is 0 Å². The molecule has 1 amide bonds. The Balaban J connectivity index is 1.76. The first-order valence-electron chi connectivity index (χ1n) is 8.68. The van der Waals surface area contributed by atoms with Gasteiger partial charge in [0.1, 0.15) is 5.82 Å². The number of halogens is 1. The van der Waals surface area contributed by atoms with Crippen LogP contribution in [0.1, 0.15) is 22.8 Å². The van der Waals surface area contributed by atoms with Gasteiger partial charge in [-0.3, -0.25) is 9.52 Å². The van der Waals surface area contributed by atoms with E-state index in [0.717, 1.165) is 19.2 Å². The van der Waals surface area contributed by atoms with Crippen LogP contribution in [0.3, 0.4) is 0 Å². The molecule has 1 atom stereocenters. The van der Waals surface area contributed by atoms with Crippen molar-refractivity contribution >= 4 is 21.6 Å². The molecule has 6 nitrogen and oxygen atoms in total. The van der Waals surface area contributed by atoms with Crippen molar-refractivity contribution < 1.29 is 17.6 Å². The van der Waals surface area contributed by atoms with Crippen LogP contribution in [0.5, 0.6) is 0 Å². The van der Waals surface area contributed by atoms with Crippen LogP contribution in [-0.2, 0) is 10.0 Å². The number of aryl methyl sites for hydroxylation is 1. The average Bonchev–Trinajstić information content (AvgIpc) is 2.61. The maximum Gasteiger partial charge on any atom is 0.262 e. The molecule has 2 aromatic carbocycles. The number of anilines is 1. The minimum Gasteiger partial charge on any atom is -0.333 e. The van der Waals surface area contributed by atoms with Crippen LogP contribution in [0.4, 0.5) is 10.1 Å². The highest BCUT2D eigenvalue weighted by atomic mass is 32.2. The van der Waals surface area contributed by atoms with Crippen LogP contribution in [0.2, 0.25) is 0 Å². The number of hydrogen-bond donors (Lipinski definition) is 2. The summed E-state index contributed by atoms with van der Waals surface area (Å²) in [7, 11) is -3.84. The Morgan fingerprint density at radius 3 is 2.56 bits per heavy atom. The highest BCUT2D eigenvalue weighted by molar-refractivity contribution is 7.92. The summed E-state index contributed by atoms with van der Waals surface area (Å²) in [6.45, 7) is 5.66. The number of benzene rings is 2. The van der Waals surface area contributed by atoms with Crippen molar-refractivity contribution in [1.82, 2.24) is 10.2 Å². The molecule has 1 aliphatic rings. The van der Waals surface area contributed by atoms with Crippen molar-refractivity contribution in [2.24, 2.45) is 0 Å². The number of rotatable bonds is 4. The Morgan fingerprint density at radius 1 is 1.22 bits per heavy atom. The summed E-state index contributed by atoms with van der Waals surface area (Å²) in [5.41, 5.74) is 1.16. The minimum atomic E-state index is -3.84. The van der Waals surface area contributed by atoms with Crippen molar-refractivity contribution in [3.05, 3.63) is 59.4 Å². The summed E-state index contributed by atoms with van der Waals surface area (Å²) in [5.74, 6) is -0.566. The third kappa shape index (κ3) is 4.28. The predicted octanol–water partition coefficient (Wildman–Crippen LogP) is 2.37. The first-order valence-corrected chi connectivity index (χ1v) is 10.2. The van der Waals surface area contributed by atoms with Crippen molar-refractivity contribution in [1.29, 1.82) is 0 Å². The predicted molar refractivity (Wildman–Crippen MR) is 102 cm³/mol. The van der Waals surface area contributed by atoms with Gasteiger partial charge < -0.3 is 10.2 Å². The average molecular weight is 391 g/mol. The minimum absolute atomic E-state index is 0.0127. The molecule has 2 aromatic rings. The molecule has 1 aliphatic heterocycles. The molecule has 1 heterocycles. The lowest BCUT2D eigenvalue weighted by atomic mass is 10.1. The fourth-order valence-corrected chi connectivity index (χ4v) is 4.40. The first-order chi connectivity index (χ1) is 12.8. The summed E-state index contributed by atoms with van der Waals surface area (Å²) in [6.07, 6.45) is 0. The molecule has 8 heteroatoms. The molecule has 0 radical (unpaired) electrons. The maximum atomic E-state index is 13.2. The van der Waals surface area contributed by atoms with Gasteiger partial charge in [-0.25, -0.2) is 12.8 Å². The topological polar surface area (TPSA) is 78.5 Å². The monoisotopic (exact) mass is 391 g/mol. The van der Waals surface area contributed by atoms with E-state index in [9.17, 15) is 17.6 Å². The molecular formula is C19H22FN3O3S. The second kappa shape index (κ2) is 7.66. The second-order valence-electron chi connectivity index (χ2n) is 6.64. The molecular weight excluding hydrogens is 369 g/mol. The van der Waals surface area contributed by atoms with Gasteiger partial charge in [0.2, 0.25) is 0 Å². The molecule has 3 rings (SSSR count). The largest absolute Gasteiger partial charge is 0.333 e. The number of piperazine rings is 1. The Bertz CT molecular complexity index is 945. The van der Waals surface area contributed by atoms with Gasteiger partial charge in [0.15, 0.2) is 0 Å². The number of sulfonamides is 1. The zero-order valence-electron chi connectivity index (χ0n) is 15.2. The van der Waals surface area contributed by atoms with E-state index in [2.05, 4.69) is 10.0 Å². The van der Waals surface area contributed by atoms with Gasteiger partial charge >= 0.3 is 0 Å². The highest BCUT2D eigenvalue weighted by Crippen LogP contribution is 2.21. The summed E-state index contributed by atoms with van der Waals surface area (Å²) >= 11 is 0. The number of amides is 1. The van der Waals surface area contributed by atoms with Crippen LogP contribution < -0.4 is 10.0 Å². The Hall–Kier alpha value is -2.45. The third-order valence-electron chi connectivity index (χ3n) is 4.57. The number of carbonyl (C=O) groups is 1. The summed E-state index contributed by atoms with van der Waals surface area (Å²) in [6, 6.07) is 9.93. The maximum absolute atomic E-state index is 13.2. The Morgan fingerprint density at radius 2 is 1.93 bits per heavy atom. The molecule has 144 valence electrons. The first kappa shape index (κ1) is 19.3. The van der Waals surface area contributed by atoms with Crippen molar-refractivity contribution in [3.8, 4) is 0 Å². The fourth-order valence-electron chi connectivity index (χ4n) is 3.11. The van der Waals surface area contributed by atoms with Crippen LogP contribution in [-0.4, -0.2) is 44.9 Å². The van der Waals surface area contributed by atoms with Crippen LogP contribution in [0.15, 0.2) is 47.4 Å². The summed E-state index contributed by atoms with van der Waals surface area (Å²) in [5, 5.41) is 3.24. The molecule has 1 unspecified atom stereocenters. The van der Waals surface area contributed by atoms with Crippen LogP contribution in [0, 0.1) is 12.7 Å². The van der Waals surface area contributed by atoms with E-state index in [1.807, 2.05) is 6.92 Å². The Kier molecular flexibility index (Phi) is 5.48. The molecule has 1 saturated heterocycles. The van der Waals surface area contributed by atoms with Gasteiger partial charge in [-0.15, -0.1) is 0 Å². The number of hydrogen-bond acceptors (Lipinski definition) is 4. The lowest BCUT2D eigenvalue weighted by Gasteiger charge is -2.34. The molecule has 2 N–H and O–H groups in total. The highest BCUT2D eigenvalue weighted by Gasteiger charge is 2.24. The van der Waals surface area contributed by atoms with Gasteiger partial charge in [-0.2, -0.15) is 0 Å². The van der Waals surface area contributed by atoms with E-state index in [1.54, 1.807) is 29.2 Å². The van der Waals surface area contributed by atoms with Crippen molar-refractivity contribution in [2.45, 2.75) is 24.8 Å². The zero-order chi connectivity index (χ0) is 19.6. The fraction of sp³-hybridized carbons (Fsp3) is 0.316. The molecule has 1 fully saturated rings. The second-order valence-corrected chi connectivity index (χ2v) is 8.30. The molecule has 27 heavy (non-hydrogen) atoms. The van der Waals surface area contributed by atoms with Gasteiger partial charge in [0.05, 0.1) is 4.90 Å². The lowest BCUT2D eigenvalue weighted by molar-refractivity contribution is 0.0656. The van der Waals surface area contributed by atoms with Crippen molar-refractivity contribution in [2.75, 3.05) is 24.4 Å². The van der Waals surface area contributed by atoms with E-state index >= 15 is 0 Å². The third-order valence-corrected chi connectivity index (χ3v) is 6.11. The Labute approximate surface area is 158 Å². The number of nitrogens with one attached hydrogen (secondary N) is 2. The molecule has 0 spiro atoms. The zero-order valence-corrected chi connectivity index (χ0v) is 16.0.